The van der Waals surface area contributed by atoms with Crippen LogP contribution in [0, 0.1) is 0 Å². The van der Waals surface area contributed by atoms with E-state index in [0.717, 1.165) is 5.82 Å². The molecule has 0 aliphatic rings. The molecule has 16 heavy (non-hydrogen) atoms. The number of carbonyl (C=O) groups is 1. The van der Waals surface area contributed by atoms with Gasteiger partial charge in [-0.25, -0.2) is 0 Å². The standard InChI is InChI=1S/C10H19N5O/c1-4-10(2,11)9(16)12-6-5-8-14-13-7-15(8)3/h7H,4-6,11H2,1-3H3,(H,12,16). The predicted octanol–water partition coefficient (Wildman–Crippen LogP) is -0.399. The van der Waals surface area contributed by atoms with Gasteiger partial charge in [0.1, 0.15) is 12.2 Å². The molecular formula is C10H19N5O. The molecule has 0 fully saturated rings. The first-order chi connectivity index (χ1) is 7.47. The fourth-order valence-corrected chi connectivity index (χ4v) is 1.18. The quantitative estimate of drug-likeness (QED) is 0.714. The number of amides is 1. The summed E-state index contributed by atoms with van der Waals surface area (Å²) >= 11 is 0. The van der Waals surface area contributed by atoms with Gasteiger partial charge in [-0.3, -0.25) is 4.79 Å². The Morgan fingerprint density at radius 3 is 2.88 bits per heavy atom. The molecule has 0 aliphatic heterocycles. The Morgan fingerprint density at radius 2 is 2.38 bits per heavy atom. The molecule has 1 aromatic rings. The smallest absolute Gasteiger partial charge is 0.239 e. The second-order valence-corrected chi connectivity index (χ2v) is 4.13. The first kappa shape index (κ1) is 12.6. The van der Waals surface area contributed by atoms with E-state index in [0.29, 0.717) is 19.4 Å². The number of carbonyl (C=O) groups excluding carboxylic acids is 1. The van der Waals surface area contributed by atoms with E-state index in [-0.39, 0.29) is 5.91 Å². The molecule has 0 bridgehead atoms. The highest BCUT2D eigenvalue weighted by molar-refractivity contribution is 5.85. The minimum atomic E-state index is -0.792. The van der Waals surface area contributed by atoms with Crippen LogP contribution < -0.4 is 11.1 Å². The van der Waals surface area contributed by atoms with Gasteiger partial charge in [-0.05, 0) is 13.3 Å². The van der Waals surface area contributed by atoms with Gasteiger partial charge in [0, 0.05) is 20.0 Å². The molecule has 6 heteroatoms. The number of nitrogens with one attached hydrogen (secondary N) is 1. The monoisotopic (exact) mass is 225 g/mol. The average molecular weight is 225 g/mol. The van der Waals surface area contributed by atoms with Crippen LogP contribution >= 0.6 is 0 Å². The van der Waals surface area contributed by atoms with E-state index in [1.807, 2.05) is 18.5 Å². The number of nitrogens with zero attached hydrogens (tertiary/aromatic N) is 3. The third-order valence-corrected chi connectivity index (χ3v) is 2.69. The molecule has 1 heterocycles. The number of aromatic nitrogens is 3. The SMILES string of the molecule is CCC(C)(N)C(=O)NCCc1nncn1C. The van der Waals surface area contributed by atoms with Crippen LogP contribution in [0.1, 0.15) is 26.1 Å². The molecule has 0 aromatic carbocycles. The lowest BCUT2D eigenvalue weighted by atomic mass is 10.00. The number of nitrogens with two attached hydrogens (primary N) is 1. The van der Waals surface area contributed by atoms with Crippen molar-refractivity contribution < 1.29 is 4.79 Å². The number of hydrogen-bond acceptors (Lipinski definition) is 4. The van der Waals surface area contributed by atoms with E-state index in [1.54, 1.807) is 13.3 Å². The maximum absolute atomic E-state index is 11.6. The van der Waals surface area contributed by atoms with Crippen molar-refractivity contribution in [1.29, 1.82) is 0 Å². The second kappa shape index (κ2) is 5.07. The van der Waals surface area contributed by atoms with Crippen molar-refractivity contribution in [2.24, 2.45) is 12.8 Å². The van der Waals surface area contributed by atoms with Crippen LogP contribution in [0.2, 0.25) is 0 Å². The van der Waals surface area contributed by atoms with E-state index in [1.165, 1.54) is 0 Å². The fourth-order valence-electron chi connectivity index (χ4n) is 1.18. The van der Waals surface area contributed by atoms with E-state index >= 15 is 0 Å². The predicted molar refractivity (Wildman–Crippen MR) is 60.6 cm³/mol. The summed E-state index contributed by atoms with van der Waals surface area (Å²) in [5.41, 5.74) is 5.01. The van der Waals surface area contributed by atoms with Crippen LogP contribution in [0.15, 0.2) is 6.33 Å². The lowest BCUT2D eigenvalue weighted by molar-refractivity contribution is -0.125. The van der Waals surface area contributed by atoms with Crippen molar-refractivity contribution in [3.05, 3.63) is 12.2 Å². The summed E-state index contributed by atoms with van der Waals surface area (Å²) in [5.74, 6) is 0.715. The highest BCUT2D eigenvalue weighted by Gasteiger charge is 2.25. The third kappa shape index (κ3) is 3.03. The summed E-state index contributed by atoms with van der Waals surface area (Å²) in [5, 5.41) is 10.5. The fraction of sp³-hybridized carbons (Fsp3) is 0.700. The maximum Gasteiger partial charge on any atom is 0.239 e. The van der Waals surface area contributed by atoms with Gasteiger partial charge in [0.05, 0.1) is 5.54 Å². The molecule has 0 spiro atoms. The Bertz CT molecular complexity index is 358. The van der Waals surface area contributed by atoms with Crippen LogP contribution in [-0.4, -0.2) is 32.8 Å². The van der Waals surface area contributed by atoms with Crippen LogP contribution in [0.4, 0.5) is 0 Å². The highest BCUT2D eigenvalue weighted by Crippen LogP contribution is 2.03. The average Bonchev–Trinajstić information content (AvgIpc) is 2.64. The van der Waals surface area contributed by atoms with Crippen molar-refractivity contribution in [3.8, 4) is 0 Å². The van der Waals surface area contributed by atoms with Crippen LogP contribution in [0.3, 0.4) is 0 Å². The summed E-state index contributed by atoms with van der Waals surface area (Å²) in [7, 11) is 1.87. The van der Waals surface area contributed by atoms with Gasteiger partial charge in [-0.1, -0.05) is 6.92 Å². The molecule has 0 aliphatic carbocycles. The van der Waals surface area contributed by atoms with Crippen LogP contribution in [0.5, 0.6) is 0 Å². The van der Waals surface area contributed by atoms with E-state index in [4.69, 9.17) is 5.73 Å². The van der Waals surface area contributed by atoms with Crippen LogP contribution in [0.25, 0.3) is 0 Å². The van der Waals surface area contributed by atoms with Crippen molar-refractivity contribution in [2.45, 2.75) is 32.2 Å². The second-order valence-electron chi connectivity index (χ2n) is 4.13. The number of aryl methyl sites for hydroxylation is 1. The molecule has 0 radical (unpaired) electrons. The Kier molecular flexibility index (Phi) is 4.00. The van der Waals surface area contributed by atoms with Gasteiger partial charge in [0.2, 0.25) is 5.91 Å². The molecule has 3 N–H and O–H groups in total. The van der Waals surface area contributed by atoms with Crippen molar-refractivity contribution in [1.82, 2.24) is 20.1 Å². The lowest BCUT2D eigenvalue weighted by Gasteiger charge is -2.21. The van der Waals surface area contributed by atoms with Gasteiger partial charge in [0.25, 0.3) is 0 Å². The van der Waals surface area contributed by atoms with Crippen molar-refractivity contribution in [2.75, 3.05) is 6.54 Å². The van der Waals surface area contributed by atoms with E-state index in [9.17, 15) is 4.79 Å². The topological polar surface area (TPSA) is 85.8 Å². The van der Waals surface area contributed by atoms with Gasteiger partial charge < -0.3 is 15.6 Å². The molecule has 0 saturated carbocycles. The first-order valence-corrected chi connectivity index (χ1v) is 5.37. The molecule has 90 valence electrons. The summed E-state index contributed by atoms with van der Waals surface area (Å²) in [6, 6.07) is 0. The van der Waals surface area contributed by atoms with E-state index < -0.39 is 5.54 Å². The molecule has 1 amide bonds. The molecular weight excluding hydrogens is 206 g/mol. The van der Waals surface area contributed by atoms with Crippen molar-refractivity contribution in [3.63, 3.8) is 0 Å². The van der Waals surface area contributed by atoms with Crippen molar-refractivity contribution >= 4 is 5.91 Å². The van der Waals surface area contributed by atoms with Gasteiger partial charge in [-0.15, -0.1) is 10.2 Å². The summed E-state index contributed by atoms with van der Waals surface area (Å²) < 4.78 is 1.83. The summed E-state index contributed by atoms with van der Waals surface area (Å²) in [6.07, 6.45) is 2.90. The Morgan fingerprint density at radius 1 is 1.69 bits per heavy atom. The molecule has 1 unspecified atom stereocenters. The molecule has 1 atom stereocenters. The molecule has 1 aromatic heterocycles. The largest absolute Gasteiger partial charge is 0.354 e. The zero-order valence-electron chi connectivity index (χ0n) is 10.0. The maximum atomic E-state index is 11.6. The third-order valence-electron chi connectivity index (χ3n) is 2.69. The lowest BCUT2D eigenvalue weighted by Crippen LogP contribution is -2.51. The molecule has 1 rings (SSSR count). The minimum absolute atomic E-state index is 0.128. The van der Waals surface area contributed by atoms with Crippen LogP contribution in [-0.2, 0) is 18.3 Å². The van der Waals surface area contributed by atoms with Gasteiger partial charge in [-0.2, -0.15) is 0 Å². The van der Waals surface area contributed by atoms with Gasteiger partial charge in [0.15, 0.2) is 0 Å². The molecule has 0 saturated heterocycles. The zero-order chi connectivity index (χ0) is 12.2. The first-order valence-electron chi connectivity index (χ1n) is 5.37. The molecule has 6 nitrogen and oxygen atoms in total. The summed E-state index contributed by atoms with van der Waals surface area (Å²) in [4.78, 5) is 11.6. The Balaban J connectivity index is 2.37. The zero-order valence-corrected chi connectivity index (χ0v) is 10.0. The number of rotatable bonds is 5. The Labute approximate surface area is 95.2 Å². The van der Waals surface area contributed by atoms with Gasteiger partial charge >= 0.3 is 0 Å². The summed E-state index contributed by atoms with van der Waals surface area (Å²) in [6.45, 7) is 4.14. The minimum Gasteiger partial charge on any atom is -0.354 e. The Hall–Kier alpha value is -1.43. The highest BCUT2D eigenvalue weighted by atomic mass is 16.2. The number of hydrogen-bond donors (Lipinski definition) is 2. The normalized spacial score (nSPS) is 14.5. The van der Waals surface area contributed by atoms with E-state index in [2.05, 4.69) is 15.5 Å².